The SMILES string of the molecule is Cc1ccc(CNS(=O)(=O)c2cc(Br)sc2C)s1. The number of hydrogen-bond donors (Lipinski definition) is 1. The molecular weight excluding hydrogens is 354 g/mol. The maximum atomic E-state index is 12.1. The summed E-state index contributed by atoms with van der Waals surface area (Å²) < 4.78 is 27.7. The standard InChI is InChI=1S/C11H12BrNO2S3/c1-7-3-4-9(16-7)6-13-18(14,15)10-5-11(12)17-8(10)2/h3-5,13H,6H2,1-2H3. The molecule has 1 N–H and O–H groups in total. The molecule has 18 heavy (non-hydrogen) atoms. The molecule has 3 nitrogen and oxygen atoms in total. The monoisotopic (exact) mass is 365 g/mol. The first-order chi connectivity index (χ1) is 8.38. The van der Waals surface area contributed by atoms with Crippen LogP contribution >= 0.6 is 38.6 Å². The van der Waals surface area contributed by atoms with Gasteiger partial charge in [0, 0.05) is 21.2 Å². The molecule has 0 aliphatic rings. The molecule has 2 rings (SSSR count). The van der Waals surface area contributed by atoms with Crippen LogP contribution in [0.3, 0.4) is 0 Å². The Labute approximate surface area is 123 Å². The summed E-state index contributed by atoms with van der Waals surface area (Å²) in [4.78, 5) is 3.34. The van der Waals surface area contributed by atoms with Gasteiger partial charge in [-0.2, -0.15) is 0 Å². The van der Waals surface area contributed by atoms with Crippen molar-refractivity contribution < 1.29 is 8.42 Å². The minimum Gasteiger partial charge on any atom is -0.207 e. The predicted octanol–water partition coefficient (Wildman–Crippen LogP) is 3.67. The summed E-state index contributed by atoms with van der Waals surface area (Å²) in [5.74, 6) is 0. The van der Waals surface area contributed by atoms with Gasteiger partial charge in [-0.25, -0.2) is 13.1 Å². The van der Waals surface area contributed by atoms with Crippen LogP contribution in [0.4, 0.5) is 0 Å². The molecule has 0 aromatic carbocycles. The van der Waals surface area contributed by atoms with Gasteiger partial charge in [0.15, 0.2) is 0 Å². The van der Waals surface area contributed by atoms with E-state index in [1.165, 1.54) is 16.2 Å². The molecule has 7 heteroatoms. The summed E-state index contributed by atoms with van der Waals surface area (Å²) in [5, 5.41) is 0. The average Bonchev–Trinajstić information content (AvgIpc) is 2.82. The highest BCUT2D eigenvalue weighted by molar-refractivity contribution is 9.11. The molecule has 0 spiro atoms. The summed E-state index contributed by atoms with van der Waals surface area (Å²) in [5.41, 5.74) is 0. The first kappa shape index (κ1) is 14.2. The fourth-order valence-corrected chi connectivity index (χ4v) is 5.86. The van der Waals surface area contributed by atoms with Crippen LogP contribution in [0.5, 0.6) is 0 Å². The van der Waals surface area contributed by atoms with Gasteiger partial charge in [-0.3, -0.25) is 0 Å². The van der Waals surface area contributed by atoms with Crippen molar-refractivity contribution in [2.75, 3.05) is 0 Å². The molecule has 0 bridgehead atoms. The molecule has 0 atom stereocenters. The number of nitrogens with one attached hydrogen (secondary N) is 1. The second-order valence-corrected chi connectivity index (χ2v) is 9.55. The van der Waals surface area contributed by atoms with E-state index in [1.807, 2.05) is 19.1 Å². The molecule has 2 heterocycles. The Balaban J connectivity index is 2.15. The lowest BCUT2D eigenvalue weighted by atomic mass is 10.4. The zero-order valence-corrected chi connectivity index (χ0v) is 13.9. The lowest BCUT2D eigenvalue weighted by Crippen LogP contribution is -2.22. The summed E-state index contributed by atoms with van der Waals surface area (Å²) in [6.07, 6.45) is 0. The lowest BCUT2D eigenvalue weighted by molar-refractivity contribution is 0.581. The van der Waals surface area contributed by atoms with E-state index in [1.54, 1.807) is 24.3 Å². The molecule has 0 saturated heterocycles. The lowest BCUT2D eigenvalue weighted by Gasteiger charge is -2.04. The van der Waals surface area contributed by atoms with E-state index >= 15 is 0 Å². The normalized spacial score (nSPS) is 11.9. The molecule has 0 aliphatic heterocycles. The van der Waals surface area contributed by atoms with Gasteiger partial charge >= 0.3 is 0 Å². The Bertz CT molecular complexity index is 658. The number of aryl methyl sites for hydroxylation is 2. The zero-order chi connectivity index (χ0) is 13.3. The van der Waals surface area contributed by atoms with Crippen LogP contribution in [-0.2, 0) is 16.6 Å². The molecule has 0 aliphatic carbocycles. The quantitative estimate of drug-likeness (QED) is 0.898. The number of halogens is 1. The van der Waals surface area contributed by atoms with Crippen molar-refractivity contribution in [1.29, 1.82) is 0 Å². The van der Waals surface area contributed by atoms with E-state index in [9.17, 15) is 8.42 Å². The second-order valence-electron chi connectivity index (χ2n) is 3.81. The third-order valence-electron chi connectivity index (χ3n) is 2.36. The molecule has 2 aromatic heterocycles. The first-order valence-electron chi connectivity index (χ1n) is 5.19. The van der Waals surface area contributed by atoms with Crippen LogP contribution in [-0.4, -0.2) is 8.42 Å². The Morgan fingerprint density at radius 1 is 1.28 bits per heavy atom. The highest BCUT2D eigenvalue weighted by atomic mass is 79.9. The number of sulfonamides is 1. The molecule has 2 aromatic rings. The maximum absolute atomic E-state index is 12.1. The minimum absolute atomic E-state index is 0.341. The molecule has 0 unspecified atom stereocenters. The molecule has 0 amide bonds. The van der Waals surface area contributed by atoms with Crippen molar-refractivity contribution in [3.63, 3.8) is 0 Å². The maximum Gasteiger partial charge on any atom is 0.242 e. The second kappa shape index (κ2) is 5.42. The van der Waals surface area contributed by atoms with Gasteiger partial charge in [0.05, 0.1) is 8.68 Å². The van der Waals surface area contributed by atoms with Gasteiger partial charge in [0.1, 0.15) is 0 Å². The van der Waals surface area contributed by atoms with Crippen molar-refractivity contribution >= 4 is 48.6 Å². The average molecular weight is 366 g/mol. The van der Waals surface area contributed by atoms with Crippen LogP contribution in [0.2, 0.25) is 0 Å². The molecule has 0 fully saturated rings. The minimum atomic E-state index is -3.42. The Morgan fingerprint density at radius 3 is 2.50 bits per heavy atom. The van der Waals surface area contributed by atoms with Crippen LogP contribution in [0.1, 0.15) is 14.6 Å². The first-order valence-corrected chi connectivity index (χ1v) is 9.10. The van der Waals surface area contributed by atoms with Gasteiger partial charge < -0.3 is 0 Å². The van der Waals surface area contributed by atoms with Crippen molar-refractivity contribution in [3.05, 3.63) is 36.6 Å². The largest absolute Gasteiger partial charge is 0.242 e. The van der Waals surface area contributed by atoms with Gasteiger partial charge in [-0.15, -0.1) is 22.7 Å². The number of thiophene rings is 2. The highest BCUT2D eigenvalue weighted by Crippen LogP contribution is 2.29. The van der Waals surface area contributed by atoms with E-state index in [4.69, 9.17) is 0 Å². The number of hydrogen-bond acceptors (Lipinski definition) is 4. The Hall–Kier alpha value is -0.210. The molecular formula is C11H12BrNO2S3. The van der Waals surface area contributed by atoms with E-state index in [-0.39, 0.29) is 0 Å². The van der Waals surface area contributed by atoms with Crippen molar-refractivity contribution in [1.82, 2.24) is 4.72 Å². The van der Waals surface area contributed by atoms with Crippen LogP contribution in [0.15, 0.2) is 26.9 Å². The van der Waals surface area contributed by atoms with Gasteiger partial charge in [0.25, 0.3) is 0 Å². The van der Waals surface area contributed by atoms with Crippen molar-refractivity contribution in [3.8, 4) is 0 Å². The van der Waals surface area contributed by atoms with E-state index in [0.29, 0.717) is 11.4 Å². The van der Waals surface area contributed by atoms with Crippen LogP contribution in [0.25, 0.3) is 0 Å². The van der Waals surface area contributed by atoms with Gasteiger partial charge in [0.2, 0.25) is 10.0 Å². The number of rotatable bonds is 4. The van der Waals surface area contributed by atoms with E-state index < -0.39 is 10.0 Å². The third kappa shape index (κ3) is 3.21. The highest BCUT2D eigenvalue weighted by Gasteiger charge is 2.19. The summed E-state index contributed by atoms with van der Waals surface area (Å²) in [6, 6.07) is 5.57. The van der Waals surface area contributed by atoms with Gasteiger partial charge in [-0.1, -0.05) is 0 Å². The van der Waals surface area contributed by atoms with Crippen molar-refractivity contribution in [2.45, 2.75) is 25.3 Å². The molecule has 0 radical (unpaired) electrons. The third-order valence-corrected chi connectivity index (χ3v) is 6.57. The summed E-state index contributed by atoms with van der Waals surface area (Å²) in [6.45, 7) is 4.15. The van der Waals surface area contributed by atoms with E-state index in [2.05, 4.69) is 20.7 Å². The Morgan fingerprint density at radius 2 is 2.00 bits per heavy atom. The fourth-order valence-electron chi connectivity index (χ4n) is 1.52. The van der Waals surface area contributed by atoms with Crippen LogP contribution < -0.4 is 4.72 Å². The summed E-state index contributed by atoms with van der Waals surface area (Å²) in [7, 11) is -3.42. The topological polar surface area (TPSA) is 46.2 Å². The summed E-state index contributed by atoms with van der Waals surface area (Å²) >= 11 is 6.32. The fraction of sp³-hybridized carbons (Fsp3) is 0.273. The predicted molar refractivity (Wildman–Crippen MR) is 79.8 cm³/mol. The smallest absolute Gasteiger partial charge is 0.207 e. The van der Waals surface area contributed by atoms with Gasteiger partial charge in [-0.05, 0) is 48.0 Å². The zero-order valence-electron chi connectivity index (χ0n) is 9.86. The molecule has 98 valence electrons. The van der Waals surface area contributed by atoms with Crippen molar-refractivity contribution in [2.24, 2.45) is 0 Å². The Kier molecular flexibility index (Phi) is 4.28. The van der Waals surface area contributed by atoms with Crippen LogP contribution in [0, 0.1) is 13.8 Å². The van der Waals surface area contributed by atoms with E-state index in [0.717, 1.165) is 13.5 Å². The molecule has 0 saturated carbocycles.